The van der Waals surface area contributed by atoms with E-state index in [0.29, 0.717) is 11.3 Å². The first-order valence-corrected chi connectivity index (χ1v) is 10.3. The second kappa shape index (κ2) is 7.51. The van der Waals surface area contributed by atoms with Crippen molar-refractivity contribution >= 4 is 22.7 Å². The third-order valence-corrected chi connectivity index (χ3v) is 5.98. The van der Waals surface area contributed by atoms with Gasteiger partial charge in [-0.15, -0.1) is 0 Å². The number of hydrogen-bond acceptors (Lipinski definition) is 7. The van der Waals surface area contributed by atoms with Crippen LogP contribution in [0.4, 0.5) is 5.82 Å². The number of benzene rings is 1. The number of para-hydroxylation sites is 1. The Hall–Kier alpha value is -2.87. The molecule has 0 unspecified atom stereocenters. The summed E-state index contributed by atoms with van der Waals surface area (Å²) in [6.07, 6.45) is 1.70. The van der Waals surface area contributed by atoms with Crippen molar-refractivity contribution in [3.05, 3.63) is 41.3 Å². The third kappa shape index (κ3) is 3.37. The number of carbonyl (C=O) groups excluding carboxylic acids is 1. The first kappa shape index (κ1) is 18.2. The van der Waals surface area contributed by atoms with Gasteiger partial charge in [0.2, 0.25) is 0 Å². The van der Waals surface area contributed by atoms with Gasteiger partial charge in [0.05, 0.1) is 11.1 Å². The predicted octanol–water partition coefficient (Wildman–Crippen LogP) is 2.33. The van der Waals surface area contributed by atoms with Gasteiger partial charge < -0.3 is 18.8 Å². The molecule has 0 aliphatic carbocycles. The summed E-state index contributed by atoms with van der Waals surface area (Å²) in [6.45, 7) is 7.92. The van der Waals surface area contributed by atoms with Gasteiger partial charge >= 0.3 is 0 Å². The summed E-state index contributed by atoms with van der Waals surface area (Å²) in [5, 5.41) is 9.32. The molecule has 8 heteroatoms. The number of anilines is 1. The van der Waals surface area contributed by atoms with Crippen LogP contribution in [0.5, 0.6) is 0 Å². The van der Waals surface area contributed by atoms with Gasteiger partial charge in [0.25, 0.3) is 5.91 Å². The Bertz CT molecular complexity index is 1020. The van der Waals surface area contributed by atoms with Gasteiger partial charge in [-0.05, 0) is 25.5 Å². The molecule has 4 heterocycles. The van der Waals surface area contributed by atoms with Crippen molar-refractivity contribution in [1.82, 2.24) is 20.1 Å². The van der Waals surface area contributed by atoms with Gasteiger partial charge in [-0.1, -0.05) is 22.4 Å². The number of hydrogen-bond donors (Lipinski definition) is 0. The van der Waals surface area contributed by atoms with E-state index in [2.05, 4.69) is 26.2 Å². The molecule has 2 aromatic heterocycles. The smallest absolute Gasteiger partial charge is 0.259 e. The van der Waals surface area contributed by atoms with Crippen LogP contribution >= 0.6 is 0 Å². The molecule has 1 saturated heterocycles. The molecule has 0 N–H and O–H groups in total. The minimum Gasteiger partial charge on any atom is -0.360 e. The lowest BCUT2D eigenvalue weighted by Gasteiger charge is -2.35. The van der Waals surface area contributed by atoms with Crippen LogP contribution in [0.25, 0.3) is 11.0 Å². The standard InChI is InChI=1S/C21H25N5O3/c1-15-19-18(29-22-15)7-4-8-26(21(19)27)14-11-24-9-12-25(13-10-24)20-16-5-2-3-6-17(16)28-23-20/h2-3,5-6H,4,7-14H2,1H3. The van der Waals surface area contributed by atoms with Crippen LogP contribution in [0.2, 0.25) is 0 Å². The summed E-state index contributed by atoms with van der Waals surface area (Å²) < 4.78 is 10.8. The van der Waals surface area contributed by atoms with E-state index in [9.17, 15) is 4.79 Å². The zero-order valence-electron chi connectivity index (χ0n) is 16.6. The van der Waals surface area contributed by atoms with Crippen molar-refractivity contribution < 1.29 is 13.8 Å². The van der Waals surface area contributed by atoms with Crippen molar-refractivity contribution in [1.29, 1.82) is 0 Å². The quantitative estimate of drug-likeness (QED) is 0.671. The second-order valence-corrected chi connectivity index (χ2v) is 7.79. The van der Waals surface area contributed by atoms with Crippen LogP contribution in [-0.2, 0) is 6.42 Å². The molecular formula is C21H25N5O3. The first-order chi connectivity index (χ1) is 14.2. The second-order valence-electron chi connectivity index (χ2n) is 7.79. The molecule has 0 bridgehead atoms. The Morgan fingerprint density at radius 3 is 2.69 bits per heavy atom. The molecule has 0 radical (unpaired) electrons. The lowest BCUT2D eigenvalue weighted by molar-refractivity contribution is 0.0738. The van der Waals surface area contributed by atoms with Gasteiger partial charge in [-0.25, -0.2) is 0 Å². The van der Waals surface area contributed by atoms with Crippen LogP contribution in [0, 0.1) is 6.92 Å². The average Bonchev–Trinajstić information content (AvgIpc) is 3.29. The maximum atomic E-state index is 12.9. The molecule has 0 spiro atoms. The van der Waals surface area contributed by atoms with Crippen LogP contribution < -0.4 is 4.90 Å². The van der Waals surface area contributed by atoms with Crippen LogP contribution in [0.3, 0.4) is 0 Å². The first-order valence-electron chi connectivity index (χ1n) is 10.3. The van der Waals surface area contributed by atoms with Gasteiger partial charge in [0.15, 0.2) is 11.4 Å². The lowest BCUT2D eigenvalue weighted by atomic mass is 10.1. The zero-order valence-corrected chi connectivity index (χ0v) is 16.6. The van der Waals surface area contributed by atoms with E-state index >= 15 is 0 Å². The summed E-state index contributed by atoms with van der Waals surface area (Å²) in [7, 11) is 0. The molecule has 152 valence electrons. The van der Waals surface area contributed by atoms with E-state index in [1.165, 1.54) is 0 Å². The topological polar surface area (TPSA) is 78.9 Å². The molecule has 1 fully saturated rings. The summed E-state index contributed by atoms with van der Waals surface area (Å²) in [4.78, 5) is 19.6. The van der Waals surface area contributed by atoms with E-state index in [4.69, 9.17) is 9.05 Å². The van der Waals surface area contributed by atoms with E-state index < -0.39 is 0 Å². The number of fused-ring (bicyclic) bond motifs is 2. The number of aromatic nitrogens is 2. The molecule has 0 atom stereocenters. The highest BCUT2D eigenvalue weighted by molar-refractivity contribution is 5.96. The molecule has 1 aromatic carbocycles. The van der Waals surface area contributed by atoms with Crippen molar-refractivity contribution in [2.45, 2.75) is 19.8 Å². The van der Waals surface area contributed by atoms with Crippen molar-refractivity contribution in [3.63, 3.8) is 0 Å². The molecule has 2 aliphatic heterocycles. The maximum absolute atomic E-state index is 12.9. The van der Waals surface area contributed by atoms with Gasteiger partial charge in [0, 0.05) is 52.2 Å². The Labute approximate surface area is 169 Å². The summed E-state index contributed by atoms with van der Waals surface area (Å²) in [5.74, 6) is 1.73. The fourth-order valence-corrected chi connectivity index (χ4v) is 4.31. The van der Waals surface area contributed by atoms with Gasteiger partial charge in [0.1, 0.15) is 11.3 Å². The molecule has 1 amide bonds. The van der Waals surface area contributed by atoms with Crippen LogP contribution in [0.1, 0.15) is 28.2 Å². The number of amides is 1. The fraction of sp³-hybridized carbons (Fsp3) is 0.476. The van der Waals surface area contributed by atoms with E-state index in [1.54, 1.807) is 0 Å². The molecule has 8 nitrogen and oxygen atoms in total. The van der Waals surface area contributed by atoms with E-state index in [0.717, 1.165) is 81.2 Å². The Morgan fingerprint density at radius 2 is 1.83 bits per heavy atom. The Morgan fingerprint density at radius 1 is 1.00 bits per heavy atom. The number of carbonyl (C=O) groups is 1. The number of aryl methyl sites for hydroxylation is 2. The molecule has 2 aliphatic rings. The number of piperazine rings is 1. The van der Waals surface area contributed by atoms with Crippen molar-refractivity contribution in [2.24, 2.45) is 0 Å². The third-order valence-electron chi connectivity index (χ3n) is 5.98. The highest BCUT2D eigenvalue weighted by Gasteiger charge is 2.29. The summed E-state index contributed by atoms with van der Waals surface area (Å²) in [5.41, 5.74) is 2.20. The van der Waals surface area contributed by atoms with Gasteiger partial charge in [-0.2, -0.15) is 0 Å². The zero-order chi connectivity index (χ0) is 19.8. The highest BCUT2D eigenvalue weighted by Crippen LogP contribution is 2.26. The average molecular weight is 395 g/mol. The Kier molecular flexibility index (Phi) is 4.71. The van der Waals surface area contributed by atoms with Crippen LogP contribution in [-0.4, -0.2) is 71.8 Å². The van der Waals surface area contributed by atoms with E-state index in [1.807, 2.05) is 30.0 Å². The monoisotopic (exact) mass is 395 g/mol. The Balaban J connectivity index is 1.18. The van der Waals surface area contributed by atoms with Crippen molar-refractivity contribution in [3.8, 4) is 0 Å². The molecular weight excluding hydrogens is 370 g/mol. The van der Waals surface area contributed by atoms with E-state index in [-0.39, 0.29) is 5.91 Å². The largest absolute Gasteiger partial charge is 0.360 e. The SMILES string of the molecule is Cc1noc2c1C(=O)N(CCN1CCN(c3noc4ccccc34)CC1)CCC2. The minimum atomic E-state index is 0.0592. The molecule has 5 rings (SSSR count). The number of nitrogens with zero attached hydrogens (tertiary/aromatic N) is 5. The van der Waals surface area contributed by atoms with Crippen LogP contribution in [0.15, 0.2) is 33.3 Å². The fourth-order valence-electron chi connectivity index (χ4n) is 4.31. The molecule has 0 saturated carbocycles. The van der Waals surface area contributed by atoms with Gasteiger partial charge in [-0.3, -0.25) is 9.69 Å². The predicted molar refractivity (Wildman–Crippen MR) is 108 cm³/mol. The highest BCUT2D eigenvalue weighted by atomic mass is 16.5. The summed E-state index contributed by atoms with van der Waals surface area (Å²) in [6, 6.07) is 7.98. The molecule has 29 heavy (non-hydrogen) atoms. The number of rotatable bonds is 4. The summed E-state index contributed by atoms with van der Waals surface area (Å²) >= 11 is 0. The normalized spacial score (nSPS) is 18.3. The lowest BCUT2D eigenvalue weighted by Crippen LogP contribution is -2.49. The molecule has 3 aromatic rings. The van der Waals surface area contributed by atoms with Crippen molar-refractivity contribution in [2.75, 3.05) is 50.7 Å². The maximum Gasteiger partial charge on any atom is 0.259 e. The minimum absolute atomic E-state index is 0.0592.